The van der Waals surface area contributed by atoms with E-state index < -0.39 is 6.04 Å². The van der Waals surface area contributed by atoms with Crippen molar-refractivity contribution in [2.24, 2.45) is 0 Å². The van der Waals surface area contributed by atoms with Gasteiger partial charge in [0, 0.05) is 55.7 Å². The summed E-state index contributed by atoms with van der Waals surface area (Å²) in [6.07, 6.45) is 0.209. The minimum Gasteiger partial charge on any atom is -0.495 e. The SMILES string of the molecule is CCN1C(=O)N[C@@H](c2ccc(Cl)cc2Cl)C2=C1CN(CCC(=O)N1CCN(c3ccccc3OC)CC1)C2=O. The van der Waals surface area contributed by atoms with Gasteiger partial charge in [0.15, 0.2) is 0 Å². The molecule has 9 nitrogen and oxygen atoms in total. The van der Waals surface area contributed by atoms with Crippen molar-refractivity contribution in [3.63, 3.8) is 0 Å². The number of piperazine rings is 1. The molecule has 11 heteroatoms. The summed E-state index contributed by atoms with van der Waals surface area (Å²) < 4.78 is 5.48. The smallest absolute Gasteiger partial charge is 0.322 e. The number of nitrogens with one attached hydrogen (secondary N) is 1. The molecule has 3 heterocycles. The number of ether oxygens (including phenoxy) is 1. The first-order valence-corrected chi connectivity index (χ1v) is 13.8. The number of benzene rings is 2. The molecular formula is C28H31Cl2N5O4. The Labute approximate surface area is 237 Å². The highest BCUT2D eigenvalue weighted by molar-refractivity contribution is 6.35. The quantitative estimate of drug-likeness (QED) is 0.544. The van der Waals surface area contributed by atoms with Crippen molar-refractivity contribution in [3.05, 3.63) is 69.3 Å². The number of urea groups is 1. The van der Waals surface area contributed by atoms with E-state index in [4.69, 9.17) is 27.9 Å². The molecule has 3 aliphatic rings. The number of rotatable bonds is 7. The van der Waals surface area contributed by atoms with Crippen molar-refractivity contribution in [3.8, 4) is 5.75 Å². The lowest BCUT2D eigenvalue weighted by Crippen LogP contribution is -2.49. The van der Waals surface area contributed by atoms with Gasteiger partial charge in [0.2, 0.25) is 5.91 Å². The highest BCUT2D eigenvalue weighted by Gasteiger charge is 2.44. The Hall–Kier alpha value is -3.43. The molecule has 1 saturated heterocycles. The number of anilines is 1. The molecule has 0 aliphatic carbocycles. The Balaban J connectivity index is 1.24. The van der Waals surface area contributed by atoms with E-state index in [1.807, 2.05) is 36.1 Å². The largest absolute Gasteiger partial charge is 0.495 e. The standard InChI is InChI=1S/C28H31Cl2N5O4/c1-3-35-22-17-34(27(37)25(22)26(31-28(35)38)19-9-8-18(29)16-20(19)30)11-10-24(36)33-14-12-32(13-15-33)21-6-4-5-7-23(21)39-2/h4-9,16,26H,3,10-15,17H2,1-2H3,(H,31,38)/t26-/m0/s1. The van der Waals surface area contributed by atoms with E-state index in [-0.39, 0.29) is 37.4 Å². The first-order chi connectivity index (χ1) is 18.8. The lowest BCUT2D eigenvalue weighted by Gasteiger charge is -2.36. The molecule has 1 fully saturated rings. The Morgan fingerprint density at radius 1 is 1.08 bits per heavy atom. The van der Waals surface area contributed by atoms with Crippen LogP contribution in [0.3, 0.4) is 0 Å². The number of carbonyl (C=O) groups excluding carboxylic acids is 3. The number of hydrogen-bond acceptors (Lipinski definition) is 5. The van der Waals surface area contributed by atoms with E-state index in [1.54, 1.807) is 35.1 Å². The van der Waals surface area contributed by atoms with Crippen LogP contribution in [0.25, 0.3) is 0 Å². The van der Waals surface area contributed by atoms with Gasteiger partial charge in [-0.15, -0.1) is 0 Å². The van der Waals surface area contributed by atoms with E-state index in [9.17, 15) is 14.4 Å². The summed E-state index contributed by atoms with van der Waals surface area (Å²) >= 11 is 12.5. The zero-order valence-electron chi connectivity index (χ0n) is 22.0. The number of nitrogens with zero attached hydrogens (tertiary/aromatic N) is 4. The Kier molecular flexibility index (Phi) is 7.91. The van der Waals surface area contributed by atoms with Gasteiger partial charge in [0.05, 0.1) is 36.7 Å². The highest BCUT2D eigenvalue weighted by atomic mass is 35.5. The van der Waals surface area contributed by atoms with Gasteiger partial charge >= 0.3 is 6.03 Å². The molecule has 0 saturated carbocycles. The van der Waals surface area contributed by atoms with E-state index in [0.717, 1.165) is 11.4 Å². The summed E-state index contributed by atoms with van der Waals surface area (Å²) in [6.45, 7) is 5.41. The Morgan fingerprint density at radius 2 is 1.82 bits per heavy atom. The molecule has 1 atom stereocenters. The first kappa shape index (κ1) is 27.1. The fraction of sp³-hybridized carbons (Fsp3) is 0.393. The molecular weight excluding hydrogens is 541 g/mol. The van der Waals surface area contributed by atoms with Gasteiger partial charge in [-0.05, 0) is 36.8 Å². The summed E-state index contributed by atoms with van der Waals surface area (Å²) in [4.78, 5) is 46.9. The monoisotopic (exact) mass is 571 g/mol. The third-order valence-corrected chi connectivity index (χ3v) is 8.10. The average molecular weight is 572 g/mol. The lowest BCUT2D eigenvalue weighted by molar-refractivity contribution is -0.132. The van der Waals surface area contributed by atoms with Crippen molar-refractivity contribution in [2.75, 3.05) is 57.8 Å². The number of halogens is 2. The van der Waals surface area contributed by atoms with E-state index in [1.165, 1.54) is 0 Å². The third kappa shape index (κ3) is 5.25. The highest BCUT2D eigenvalue weighted by Crippen LogP contribution is 2.39. The second kappa shape index (κ2) is 11.4. The number of carbonyl (C=O) groups is 3. The number of likely N-dealkylation sites (N-methyl/N-ethyl adjacent to an activating group) is 1. The average Bonchev–Trinajstić information content (AvgIpc) is 3.27. The number of methoxy groups -OCH3 is 1. The van der Waals surface area contributed by atoms with Gasteiger partial charge in [-0.25, -0.2) is 4.79 Å². The van der Waals surface area contributed by atoms with E-state index in [0.29, 0.717) is 59.6 Å². The normalized spacial score (nSPS) is 19.4. The van der Waals surface area contributed by atoms with Gasteiger partial charge in [-0.1, -0.05) is 41.4 Å². The topological polar surface area (TPSA) is 85.4 Å². The predicted molar refractivity (Wildman–Crippen MR) is 150 cm³/mol. The molecule has 0 aromatic heterocycles. The predicted octanol–water partition coefficient (Wildman–Crippen LogP) is 3.92. The maximum Gasteiger partial charge on any atom is 0.322 e. The Bertz CT molecular complexity index is 1320. The summed E-state index contributed by atoms with van der Waals surface area (Å²) in [5, 5.41) is 3.77. The van der Waals surface area contributed by atoms with Crippen LogP contribution in [-0.2, 0) is 9.59 Å². The summed E-state index contributed by atoms with van der Waals surface area (Å²) in [7, 11) is 1.66. The van der Waals surface area contributed by atoms with Crippen molar-refractivity contribution in [1.29, 1.82) is 0 Å². The van der Waals surface area contributed by atoms with Crippen molar-refractivity contribution in [1.82, 2.24) is 20.0 Å². The molecule has 0 spiro atoms. The molecule has 0 unspecified atom stereocenters. The lowest BCUT2D eigenvalue weighted by atomic mass is 9.95. The second-order valence-corrected chi connectivity index (χ2v) is 10.5. The number of hydrogen-bond donors (Lipinski definition) is 1. The molecule has 206 valence electrons. The number of amides is 4. The van der Waals surface area contributed by atoms with Gasteiger partial charge in [-0.3, -0.25) is 14.5 Å². The maximum absolute atomic E-state index is 13.6. The molecule has 4 amide bonds. The van der Waals surface area contributed by atoms with Crippen LogP contribution in [0.4, 0.5) is 10.5 Å². The molecule has 3 aliphatic heterocycles. The molecule has 1 N–H and O–H groups in total. The van der Waals surface area contributed by atoms with Crippen LogP contribution in [0.5, 0.6) is 5.75 Å². The fourth-order valence-electron chi connectivity index (χ4n) is 5.51. The van der Waals surface area contributed by atoms with Gasteiger partial charge in [-0.2, -0.15) is 0 Å². The third-order valence-electron chi connectivity index (χ3n) is 7.54. The van der Waals surface area contributed by atoms with Crippen LogP contribution >= 0.6 is 23.2 Å². The minimum absolute atomic E-state index is 0.00573. The van der Waals surface area contributed by atoms with Crippen LogP contribution in [0.15, 0.2) is 53.7 Å². The van der Waals surface area contributed by atoms with E-state index >= 15 is 0 Å². The number of para-hydroxylation sites is 2. The fourth-order valence-corrected chi connectivity index (χ4v) is 6.03. The maximum atomic E-state index is 13.6. The Morgan fingerprint density at radius 3 is 2.51 bits per heavy atom. The molecule has 2 aromatic carbocycles. The van der Waals surface area contributed by atoms with Crippen molar-refractivity contribution >= 4 is 46.7 Å². The molecule has 5 rings (SSSR count). The zero-order valence-corrected chi connectivity index (χ0v) is 23.5. The molecule has 0 bridgehead atoms. The van der Waals surface area contributed by atoms with Crippen LogP contribution < -0.4 is 15.0 Å². The second-order valence-electron chi connectivity index (χ2n) is 9.67. The zero-order chi connectivity index (χ0) is 27.7. The molecule has 2 aromatic rings. The molecule has 0 radical (unpaired) electrons. The van der Waals surface area contributed by atoms with Gasteiger partial charge in [0.1, 0.15) is 5.75 Å². The van der Waals surface area contributed by atoms with Crippen LogP contribution in [0, 0.1) is 0 Å². The first-order valence-electron chi connectivity index (χ1n) is 13.0. The summed E-state index contributed by atoms with van der Waals surface area (Å²) in [6, 6.07) is 11.9. The van der Waals surface area contributed by atoms with Crippen LogP contribution in [0.1, 0.15) is 24.9 Å². The summed E-state index contributed by atoms with van der Waals surface area (Å²) in [5.41, 5.74) is 2.76. The van der Waals surface area contributed by atoms with Crippen molar-refractivity contribution in [2.45, 2.75) is 19.4 Å². The minimum atomic E-state index is -0.684. The van der Waals surface area contributed by atoms with Gasteiger partial charge < -0.3 is 24.8 Å². The van der Waals surface area contributed by atoms with Crippen LogP contribution in [-0.4, -0.2) is 85.5 Å². The molecule has 39 heavy (non-hydrogen) atoms. The van der Waals surface area contributed by atoms with Crippen molar-refractivity contribution < 1.29 is 19.1 Å². The van der Waals surface area contributed by atoms with Crippen LogP contribution in [0.2, 0.25) is 10.0 Å². The van der Waals surface area contributed by atoms with Gasteiger partial charge in [0.25, 0.3) is 5.91 Å². The summed E-state index contributed by atoms with van der Waals surface area (Å²) in [5.74, 6) is 0.619. The van der Waals surface area contributed by atoms with E-state index in [2.05, 4.69) is 10.2 Å².